The Kier molecular flexibility index (Phi) is 5.75. The Morgan fingerprint density at radius 2 is 1.80 bits per heavy atom. The van der Waals surface area contributed by atoms with Crippen molar-refractivity contribution in [1.29, 1.82) is 0 Å². The summed E-state index contributed by atoms with van der Waals surface area (Å²) in [6.45, 7) is 5.60. The molecule has 0 unspecified atom stereocenters. The van der Waals surface area contributed by atoms with Crippen LogP contribution in [-0.4, -0.2) is 20.9 Å². The van der Waals surface area contributed by atoms with Crippen LogP contribution < -0.4 is 9.46 Å². The minimum atomic E-state index is -3.98. The molecule has 7 heteroatoms. The first-order valence-corrected chi connectivity index (χ1v) is 9.59. The Labute approximate surface area is 153 Å². The summed E-state index contributed by atoms with van der Waals surface area (Å²) in [6, 6.07) is 12.7. The molecule has 2 rings (SSSR count). The second-order valence-electron chi connectivity index (χ2n) is 5.97. The van der Waals surface area contributed by atoms with Crippen LogP contribution in [0.15, 0.2) is 53.4 Å². The molecule has 0 aliphatic heterocycles. The van der Waals surface area contributed by atoms with Crippen LogP contribution in [-0.2, 0) is 20.2 Å². The highest BCUT2D eigenvalue weighted by Crippen LogP contribution is 2.26. The van der Waals surface area contributed by atoms with E-state index in [1.165, 1.54) is 12.1 Å². The van der Waals surface area contributed by atoms with Crippen molar-refractivity contribution >= 4 is 27.5 Å². The average molecular weight is 382 g/mol. The van der Waals surface area contributed by atoms with Crippen LogP contribution in [0.2, 0.25) is 5.02 Å². The molecular formula is C18H20ClNO4S. The third-order valence-electron chi connectivity index (χ3n) is 3.79. The molecule has 0 radical (unpaired) electrons. The summed E-state index contributed by atoms with van der Waals surface area (Å²) in [5.74, 6) is -0.0734. The van der Waals surface area contributed by atoms with Gasteiger partial charge in [0.25, 0.3) is 10.0 Å². The van der Waals surface area contributed by atoms with Crippen LogP contribution in [0.5, 0.6) is 5.75 Å². The number of halogens is 1. The fraction of sp³-hybridized carbons (Fsp3) is 0.278. The average Bonchev–Trinajstić information content (AvgIpc) is 2.55. The molecule has 0 spiro atoms. The van der Waals surface area contributed by atoms with Crippen molar-refractivity contribution in [2.75, 3.05) is 6.61 Å². The summed E-state index contributed by atoms with van der Waals surface area (Å²) in [6.07, 6.45) is 0. The Morgan fingerprint density at radius 1 is 1.16 bits per heavy atom. The zero-order valence-corrected chi connectivity index (χ0v) is 15.8. The summed E-state index contributed by atoms with van der Waals surface area (Å²) < 4.78 is 32.3. The molecule has 0 bridgehead atoms. The van der Waals surface area contributed by atoms with Crippen molar-refractivity contribution in [3.05, 3.63) is 59.1 Å². The molecule has 0 fully saturated rings. The lowest BCUT2D eigenvalue weighted by Crippen LogP contribution is -2.43. The number of nitrogens with one attached hydrogen (secondary N) is 1. The van der Waals surface area contributed by atoms with E-state index < -0.39 is 21.3 Å². The summed E-state index contributed by atoms with van der Waals surface area (Å²) in [5, 5.41) is 0.479. The van der Waals surface area contributed by atoms with Crippen molar-refractivity contribution in [2.24, 2.45) is 0 Å². The largest absolute Gasteiger partial charge is 0.494 e. The fourth-order valence-electron chi connectivity index (χ4n) is 2.20. The second kappa shape index (κ2) is 7.45. The lowest BCUT2D eigenvalue weighted by atomic mass is 9.84. The minimum absolute atomic E-state index is 0.00815. The minimum Gasteiger partial charge on any atom is -0.494 e. The van der Waals surface area contributed by atoms with Gasteiger partial charge in [-0.1, -0.05) is 23.7 Å². The predicted octanol–water partition coefficient (Wildman–Crippen LogP) is 3.52. The predicted molar refractivity (Wildman–Crippen MR) is 97.4 cm³/mol. The van der Waals surface area contributed by atoms with Gasteiger partial charge in [0.1, 0.15) is 5.75 Å². The lowest BCUT2D eigenvalue weighted by Gasteiger charge is -2.24. The van der Waals surface area contributed by atoms with Crippen LogP contribution in [0, 0.1) is 0 Å². The Bertz CT molecular complexity index is 861. The third kappa shape index (κ3) is 4.52. The quantitative estimate of drug-likeness (QED) is 0.830. The zero-order valence-electron chi connectivity index (χ0n) is 14.2. The van der Waals surface area contributed by atoms with Crippen LogP contribution >= 0.6 is 11.6 Å². The third-order valence-corrected chi connectivity index (χ3v) is 5.37. The van der Waals surface area contributed by atoms with E-state index in [0.29, 0.717) is 22.9 Å². The van der Waals surface area contributed by atoms with Crippen LogP contribution in [0.25, 0.3) is 0 Å². The molecule has 0 aromatic heterocycles. The SMILES string of the molecule is CCOc1ccc(S(=O)(=O)NC(=O)C(C)(C)c2cccc(Cl)c2)cc1. The first kappa shape index (κ1) is 19.3. The van der Waals surface area contributed by atoms with E-state index in [2.05, 4.69) is 4.72 Å². The molecule has 0 aliphatic carbocycles. The van der Waals surface area contributed by atoms with E-state index in [4.69, 9.17) is 16.3 Å². The zero-order chi connectivity index (χ0) is 18.7. The molecule has 0 saturated heterocycles. The highest BCUT2D eigenvalue weighted by molar-refractivity contribution is 7.90. The van der Waals surface area contributed by atoms with Gasteiger partial charge in [0, 0.05) is 5.02 Å². The van der Waals surface area contributed by atoms with Gasteiger partial charge in [-0.25, -0.2) is 13.1 Å². The molecule has 0 heterocycles. The van der Waals surface area contributed by atoms with Crippen molar-refractivity contribution in [2.45, 2.75) is 31.1 Å². The Hall–Kier alpha value is -2.05. The normalized spacial score (nSPS) is 11.8. The number of benzene rings is 2. The summed E-state index contributed by atoms with van der Waals surface area (Å²) >= 11 is 5.96. The van der Waals surface area contributed by atoms with Crippen LogP contribution in [0.3, 0.4) is 0 Å². The number of hydrogen-bond acceptors (Lipinski definition) is 4. The topological polar surface area (TPSA) is 72.5 Å². The van der Waals surface area contributed by atoms with E-state index >= 15 is 0 Å². The number of rotatable bonds is 6. The smallest absolute Gasteiger partial charge is 0.264 e. The molecule has 134 valence electrons. The van der Waals surface area contributed by atoms with E-state index in [1.54, 1.807) is 50.2 Å². The van der Waals surface area contributed by atoms with Crippen molar-refractivity contribution < 1.29 is 17.9 Å². The standard InChI is InChI=1S/C18H20ClNO4S/c1-4-24-15-8-10-16(11-9-15)25(22,23)20-17(21)18(2,3)13-6-5-7-14(19)12-13/h5-12H,4H2,1-3H3,(H,20,21). The molecule has 1 amide bonds. The van der Waals surface area contributed by atoms with Gasteiger partial charge in [-0.3, -0.25) is 4.79 Å². The van der Waals surface area contributed by atoms with Gasteiger partial charge in [0.2, 0.25) is 5.91 Å². The van der Waals surface area contributed by atoms with Crippen molar-refractivity contribution in [1.82, 2.24) is 4.72 Å². The van der Waals surface area contributed by atoms with Gasteiger partial charge in [0.05, 0.1) is 16.9 Å². The van der Waals surface area contributed by atoms with E-state index in [9.17, 15) is 13.2 Å². The molecule has 1 N–H and O–H groups in total. The number of carbonyl (C=O) groups excluding carboxylic acids is 1. The molecular weight excluding hydrogens is 362 g/mol. The summed E-state index contributed by atoms with van der Waals surface area (Å²) in [4.78, 5) is 12.6. The van der Waals surface area contributed by atoms with Gasteiger partial charge in [-0.15, -0.1) is 0 Å². The first-order valence-electron chi connectivity index (χ1n) is 7.73. The van der Waals surface area contributed by atoms with Gasteiger partial charge in [-0.2, -0.15) is 0 Å². The maximum absolute atomic E-state index is 12.6. The maximum Gasteiger partial charge on any atom is 0.264 e. The second-order valence-corrected chi connectivity index (χ2v) is 8.09. The van der Waals surface area contributed by atoms with Gasteiger partial charge in [0.15, 0.2) is 0 Å². The summed E-state index contributed by atoms with van der Waals surface area (Å²) in [7, 11) is -3.98. The molecule has 0 aliphatic rings. The number of amides is 1. The van der Waals surface area contributed by atoms with E-state index in [-0.39, 0.29) is 4.90 Å². The molecule has 0 atom stereocenters. The Balaban J connectivity index is 2.22. The number of sulfonamides is 1. The molecule has 2 aromatic rings. The van der Waals surface area contributed by atoms with Crippen molar-refractivity contribution in [3.8, 4) is 5.75 Å². The first-order chi connectivity index (χ1) is 11.7. The number of ether oxygens (including phenoxy) is 1. The van der Waals surface area contributed by atoms with E-state index in [0.717, 1.165) is 0 Å². The summed E-state index contributed by atoms with van der Waals surface area (Å²) in [5.41, 5.74) is -0.442. The molecule has 0 saturated carbocycles. The molecule has 25 heavy (non-hydrogen) atoms. The fourth-order valence-corrected chi connectivity index (χ4v) is 3.50. The molecule has 2 aromatic carbocycles. The van der Waals surface area contributed by atoms with Gasteiger partial charge >= 0.3 is 0 Å². The number of carbonyl (C=O) groups is 1. The van der Waals surface area contributed by atoms with Crippen LogP contribution in [0.4, 0.5) is 0 Å². The maximum atomic E-state index is 12.6. The van der Waals surface area contributed by atoms with Gasteiger partial charge in [-0.05, 0) is 62.7 Å². The lowest BCUT2D eigenvalue weighted by molar-refractivity contribution is -0.123. The highest BCUT2D eigenvalue weighted by atomic mass is 35.5. The van der Waals surface area contributed by atoms with Crippen LogP contribution in [0.1, 0.15) is 26.3 Å². The Morgan fingerprint density at radius 3 is 2.36 bits per heavy atom. The molecule has 5 nitrogen and oxygen atoms in total. The van der Waals surface area contributed by atoms with Gasteiger partial charge < -0.3 is 4.74 Å². The highest BCUT2D eigenvalue weighted by Gasteiger charge is 2.33. The monoisotopic (exact) mass is 381 g/mol. The van der Waals surface area contributed by atoms with E-state index in [1.807, 2.05) is 6.92 Å². The number of hydrogen-bond donors (Lipinski definition) is 1. The van der Waals surface area contributed by atoms with Crippen molar-refractivity contribution in [3.63, 3.8) is 0 Å².